The fourth-order valence-electron chi connectivity index (χ4n) is 2.77. The van der Waals surface area contributed by atoms with Crippen molar-refractivity contribution in [2.75, 3.05) is 0 Å². The Morgan fingerprint density at radius 3 is 2.73 bits per heavy atom. The molecule has 0 aromatic heterocycles. The molecule has 5 heteroatoms. The van der Waals surface area contributed by atoms with E-state index in [1.807, 2.05) is 44.2 Å². The summed E-state index contributed by atoms with van der Waals surface area (Å²) < 4.78 is 23.4. The monoisotopic (exact) mass is 304 g/mol. The Morgan fingerprint density at radius 2 is 2.00 bits per heavy atom. The lowest BCUT2D eigenvalue weighted by atomic mass is 10.1. The van der Waals surface area contributed by atoms with E-state index in [4.69, 9.17) is 18.9 Å². The molecule has 3 rings (SSSR count). The van der Waals surface area contributed by atoms with Crippen molar-refractivity contribution in [3.8, 4) is 0 Å². The highest BCUT2D eigenvalue weighted by Gasteiger charge is 2.54. The minimum absolute atomic E-state index is 0.306. The van der Waals surface area contributed by atoms with Gasteiger partial charge in [0.05, 0.1) is 6.61 Å². The lowest BCUT2D eigenvalue weighted by Crippen LogP contribution is -2.36. The third-order valence-corrected chi connectivity index (χ3v) is 3.69. The number of carbonyl (C=O) groups is 1. The SMILES string of the molecule is CC1(C)O[C@H]2O[C@H](/C=C/C=O)[C@H](OCc3ccccc3)[C@H]2O1. The molecule has 0 unspecified atom stereocenters. The summed E-state index contributed by atoms with van der Waals surface area (Å²) in [5.74, 6) is -0.691. The molecule has 0 bridgehead atoms. The van der Waals surface area contributed by atoms with E-state index in [1.54, 1.807) is 6.08 Å². The normalized spacial score (nSPS) is 33.2. The van der Waals surface area contributed by atoms with Gasteiger partial charge in [0, 0.05) is 0 Å². The second kappa shape index (κ2) is 6.30. The molecule has 2 aliphatic rings. The van der Waals surface area contributed by atoms with Gasteiger partial charge in [0.15, 0.2) is 12.1 Å². The number of benzene rings is 1. The first-order valence-corrected chi connectivity index (χ1v) is 7.38. The highest BCUT2D eigenvalue weighted by atomic mass is 16.8. The van der Waals surface area contributed by atoms with E-state index in [9.17, 15) is 4.79 Å². The van der Waals surface area contributed by atoms with Crippen LogP contribution in [-0.4, -0.2) is 36.7 Å². The average molecular weight is 304 g/mol. The van der Waals surface area contributed by atoms with Crippen LogP contribution in [0.2, 0.25) is 0 Å². The van der Waals surface area contributed by atoms with E-state index < -0.39 is 12.1 Å². The third kappa shape index (κ3) is 3.28. The average Bonchev–Trinajstić information content (AvgIpc) is 2.95. The summed E-state index contributed by atoms with van der Waals surface area (Å²) in [5.41, 5.74) is 1.07. The zero-order chi connectivity index (χ0) is 15.6. The van der Waals surface area contributed by atoms with Gasteiger partial charge in [-0.15, -0.1) is 0 Å². The minimum Gasteiger partial charge on any atom is -0.368 e. The van der Waals surface area contributed by atoms with E-state index in [-0.39, 0.29) is 18.3 Å². The summed E-state index contributed by atoms with van der Waals surface area (Å²) in [7, 11) is 0. The van der Waals surface area contributed by atoms with Crippen LogP contribution in [-0.2, 0) is 30.3 Å². The summed E-state index contributed by atoms with van der Waals surface area (Å²) in [4.78, 5) is 10.6. The maximum Gasteiger partial charge on any atom is 0.190 e. The van der Waals surface area contributed by atoms with Crippen LogP contribution in [0, 0.1) is 0 Å². The lowest BCUT2D eigenvalue weighted by Gasteiger charge is -2.24. The predicted octanol–water partition coefficient (Wildman–Crippen LogP) is 2.20. The van der Waals surface area contributed by atoms with E-state index in [1.165, 1.54) is 6.08 Å². The Bertz CT molecular complexity index is 539. The van der Waals surface area contributed by atoms with Gasteiger partial charge in [0.25, 0.3) is 0 Å². The van der Waals surface area contributed by atoms with Crippen molar-refractivity contribution in [3.05, 3.63) is 48.0 Å². The summed E-state index contributed by atoms with van der Waals surface area (Å²) in [6, 6.07) is 9.90. The van der Waals surface area contributed by atoms with Crippen LogP contribution in [0.4, 0.5) is 0 Å². The van der Waals surface area contributed by atoms with Crippen LogP contribution >= 0.6 is 0 Å². The highest BCUT2D eigenvalue weighted by Crippen LogP contribution is 2.39. The summed E-state index contributed by atoms with van der Waals surface area (Å²) >= 11 is 0. The van der Waals surface area contributed by atoms with Gasteiger partial charge >= 0.3 is 0 Å². The Balaban J connectivity index is 1.71. The van der Waals surface area contributed by atoms with Gasteiger partial charge in [0.2, 0.25) is 0 Å². The molecule has 5 nitrogen and oxygen atoms in total. The van der Waals surface area contributed by atoms with Crippen LogP contribution in [0.5, 0.6) is 0 Å². The predicted molar refractivity (Wildman–Crippen MR) is 78.9 cm³/mol. The van der Waals surface area contributed by atoms with Crippen LogP contribution in [0.15, 0.2) is 42.5 Å². The van der Waals surface area contributed by atoms with E-state index in [0.717, 1.165) is 11.8 Å². The molecule has 2 saturated heterocycles. The number of aldehydes is 1. The topological polar surface area (TPSA) is 54.0 Å². The zero-order valence-corrected chi connectivity index (χ0v) is 12.7. The third-order valence-electron chi connectivity index (χ3n) is 3.69. The molecule has 118 valence electrons. The van der Waals surface area contributed by atoms with Crippen molar-refractivity contribution in [3.63, 3.8) is 0 Å². The van der Waals surface area contributed by atoms with Crippen LogP contribution in [0.3, 0.4) is 0 Å². The standard InChI is InChI=1S/C17H20O5/c1-17(2)21-15-14(19-11-12-7-4-3-5-8-12)13(9-6-10-18)20-16(15)22-17/h3-10,13-16H,11H2,1-2H3/b9-6+/t13-,14+,15-,16-/m1/s1. The summed E-state index contributed by atoms with van der Waals surface area (Å²) in [5, 5.41) is 0. The first kappa shape index (κ1) is 15.4. The van der Waals surface area contributed by atoms with Gasteiger partial charge in [-0.05, 0) is 31.6 Å². The van der Waals surface area contributed by atoms with Crippen molar-refractivity contribution in [2.24, 2.45) is 0 Å². The molecular weight excluding hydrogens is 284 g/mol. The van der Waals surface area contributed by atoms with Crippen LogP contribution < -0.4 is 0 Å². The maximum absolute atomic E-state index is 10.6. The molecule has 0 radical (unpaired) electrons. The first-order valence-electron chi connectivity index (χ1n) is 7.38. The number of hydrogen-bond acceptors (Lipinski definition) is 5. The maximum atomic E-state index is 10.6. The van der Waals surface area contributed by atoms with E-state index in [2.05, 4.69) is 0 Å². The number of fused-ring (bicyclic) bond motifs is 1. The zero-order valence-electron chi connectivity index (χ0n) is 12.7. The highest BCUT2D eigenvalue weighted by molar-refractivity contribution is 5.64. The quantitative estimate of drug-likeness (QED) is 0.616. The van der Waals surface area contributed by atoms with Crippen LogP contribution in [0.25, 0.3) is 0 Å². The molecule has 2 fully saturated rings. The first-order chi connectivity index (χ1) is 10.6. The molecule has 0 amide bonds. The molecule has 2 aliphatic heterocycles. The number of hydrogen-bond donors (Lipinski definition) is 0. The van der Waals surface area contributed by atoms with Crippen molar-refractivity contribution < 1.29 is 23.7 Å². The second-order valence-electron chi connectivity index (χ2n) is 5.85. The number of allylic oxidation sites excluding steroid dienone is 1. The molecule has 2 heterocycles. The van der Waals surface area contributed by atoms with Crippen molar-refractivity contribution in [2.45, 2.75) is 50.8 Å². The molecule has 0 spiro atoms. The van der Waals surface area contributed by atoms with Gasteiger partial charge in [-0.3, -0.25) is 4.79 Å². The molecule has 0 N–H and O–H groups in total. The van der Waals surface area contributed by atoms with Crippen molar-refractivity contribution >= 4 is 6.29 Å². The van der Waals surface area contributed by atoms with Gasteiger partial charge < -0.3 is 18.9 Å². The Labute approximate surface area is 129 Å². The van der Waals surface area contributed by atoms with Gasteiger partial charge in [-0.25, -0.2) is 0 Å². The minimum atomic E-state index is -0.691. The number of carbonyl (C=O) groups excluding carboxylic acids is 1. The fourth-order valence-corrected chi connectivity index (χ4v) is 2.77. The summed E-state index contributed by atoms with van der Waals surface area (Å²) in [6.07, 6.45) is 2.36. The summed E-state index contributed by atoms with van der Waals surface area (Å²) in [6.45, 7) is 4.14. The smallest absolute Gasteiger partial charge is 0.190 e. The van der Waals surface area contributed by atoms with Gasteiger partial charge in [-0.2, -0.15) is 0 Å². The number of ether oxygens (including phenoxy) is 4. The Morgan fingerprint density at radius 1 is 1.23 bits per heavy atom. The molecule has 1 aromatic rings. The van der Waals surface area contributed by atoms with Gasteiger partial charge in [0.1, 0.15) is 24.6 Å². The fraction of sp³-hybridized carbons (Fsp3) is 0.471. The molecule has 0 aliphatic carbocycles. The second-order valence-corrected chi connectivity index (χ2v) is 5.85. The van der Waals surface area contributed by atoms with E-state index in [0.29, 0.717) is 6.61 Å². The van der Waals surface area contributed by atoms with E-state index >= 15 is 0 Å². The molecule has 4 atom stereocenters. The van der Waals surface area contributed by atoms with Crippen molar-refractivity contribution in [1.29, 1.82) is 0 Å². The molecular formula is C17H20O5. The van der Waals surface area contributed by atoms with Gasteiger partial charge in [-0.1, -0.05) is 30.3 Å². The molecule has 0 saturated carbocycles. The molecule has 22 heavy (non-hydrogen) atoms. The Hall–Kier alpha value is -1.53. The molecule has 1 aromatic carbocycles. The van der Waals surface area contributed by atoms with Crippen molar-refractivity contribution in [1.82, 2.24) is 0 Å². The number of rotatable bonds is 5. The lowest BCUT2D eigenvalue weighted by molar-refractivity contribution is -0.213. The Kier molecular flexibility index (Phi) is 4.40. The van der Waals surface area contributed by atoms with Crippen LogP contribution in [0.1, 0.15) is 19.4 Å². The largest absolute Gasteiger partial charge is 0.368 e.